The molecule has 1 aliphatic heterocycles. The van der Waals surface area contributed by atoms with Gasteiger partial charge in [-0.2, -0.15) is 5.10 Å². The van der Waals surface area contributed by atoms with Gasteiger partial charge in [-0.05, 0) is 24.8 Å². The summed E-state index contributed by atoms with van der Waals surface area (Å²) in [6.07, 6.45) is 6.86. The molecule has 1 saturated heterocycles. The van der Waals surface area contributed by atoms with Crippen LogP contribution in [-0.4, -0.2) is 28.9 Å². The van der Waals surface area contributed by atoms with Crippen molar-refractivity contribution >= 4 is 11.6 Å². The maximum absolute atomic E-state index is 12.0. The fraction of sp³-hybridized carbons (Fsp3) is 0.412. The minimum absolute atomic E-state index is 0.0400. The van der Waals surface area contributed by atoms with Crippen LogP contribution in [-0.2, 0) is 16.0 Å². The Morgan fingerprint density at radius 1 is 1.36 bits per heavy atom. The summed E-state index contributed by atoms with van der Waals surface area (Å²) in [6, 6.07) is 10.5. The van der Waals surface area contributed by atoms with E-state index in [0.717, 1.165) is 31.6 Å². The summed E-state index contributed by atoms with van der Waals surface area (Å²) in [7, 11) is 0. The highest BCUT2D eigenvalue weighted by Gasteiger charge is 2.18. The zero-order valence-electron chi connectivity index (χ0n) is 12.6. The number of rotatable bonds is 6. The second-order valence-electron chi connectivity index (χ2n) is 5.61. The van der Waals surface area contributed by atoms with Gasteiger partial charge >= 0.3 is 0 Å². The average molecular weight is 299 g/mol. The molecular formula is C17H21N3O2. The summed E-state index contributed by atoms with van der Waals surface area (Å²) in [5, 5.41) is 7.21. The Morgan fingerprint density at radius 3 is 3.00 bits per heavy atom. The Labute approximate surface area is 130 Å². The van der Waals surface area contributed by atoms with Crippen molar-refractivity contribution in [3.63, 3.8) is 0 Å². The number of nitrogens with zero attached hydrogens (tertiary/aromatic N) is 2. The molecule has 1 unspecified atom stereocenters. The third kappa shape index (κ3) is 3.95. The molecular weight excluding hydrogens is 278 g/mol. The van der Waals surface area contributed by atoms with Gasteiger partial charge in [0.05, 0.1) is 24.5 Å². The van der Waals surface area contributed by atoms with Crippen LogP contribution in [0, 0.1) is 0 Å². The van der Waals surface area contributed by atoms with Gasteiger partial charge in [-0.25, -0.2) is 0 Å². The molecule has 0 aliphatic carbocycles. The van der Waals surface area contributed by atoms with Crippen molar-refractivity contribution in [3.05, 3.63) is 48.3 Å². The molecule has 0 spiro atoms. The van der Waals surface area contributed by atoms with Crippen LogP contribution in [0.25, 0.3) is 0 Å². The first-order valence-corrected chi connectivity index (χ1v) is 7.77. The number of benzene rings is 1. The smallest absolute Gasteiger partial charge is 0.224 e. The van der Waals surface area contributed by atoms with E-state index in [-0.39, 0.29) is 5.91 Å². The quantitative estimate of drug-likeness (QED) is 0.892. The van der Waals surface area contributed by atoms with E-state index in [1.165, 1.54) is 5.56 Å². The summed E-state index contributed by atoms with van der Waals surface area (Å²) in [5.41, 5.74) is 2.03. The Hall–Kier alpha value is -2.14. The van der Waals surface area contributed by atoms with Crippen LogP contribution in [0.1, 0.15) is 30.9 Å². The third-order valence-electron chi connectivity index (χ3n) is 3.88. The molecule has 1 atom stereocenters. The van der Waals surface area contributed by atoms with Crippen LogP contribution in [0.4, 0.5) is 5.69 Å². The summed E-state index contributed by atoms with van der Waals surface area (Å²) in [4.78, 5) is 12.0. The Balaban J connectivity index is 1.43. The fourth-order valence-corrected chi connectivity index (χ4v) is 2.65. The van der Waals surface area contributed by atoms with E-state index in [1.807, 2.05) is 29.1 Å². The minimum atomic E-state index is 0.0400. The monoisotopic (exact) mass is 299 g/mol. The molecule has 0 saturated carbocycles. The predicted octanol–water partition coefficient (Wildman–Crippen LogP) is 2.81. The predicted molar refractivity (Wildman–Crippen MR) is 84.7 cm³/mol. The lowest BCUT2D eigenvalue weighted by atomic mass is 10.1. The number of carbonyl (C=O) groups is 1. The first-order valence-electron chi connectivity index (χ1n) is 7.77. The number of hydrogen-bond acceptors (Lipinski definition) is 3. The van der Waals surface area contributed by atoms with Gasteiger partial charge in [-0.15, -0.1) is 0 Å². The molecule has 2 aromatic rings. The molecule has 1 aromatic carbocycles. The van der Waals surface area contributed by atoms with Crippen LogP contribution < -0.4 is 5.32 Å². The fourth-order valence-electron chi connectivity index (χ4n) is 2.65. The van der Waals surface area contributed by atoms with Gasteiger partial charge in [0.2, 0.25) is 5.91 Å². The number of amides is 1. The van der Waals surface area contributed by atoms with E-state index in [1.54, 1.807) is 6.20 Å². The van der Waals surface area contributed by atoms with Gasteiger partial charge in [0, 0.05) is 19.2 Å². The first-order chi connectivity index (χ1) is 10.8. The molecule has 1 aromatic heterocycles. The molecule has 0 bridgehead atoms. The number of aryl methyl sites for hydroxylation is 1. The molecule has 1 fully saturated rings. The molecule has 1 amide bonds. The van der Waals surface area contributed by atoms with Gasteiger partial charge in [0.1, 0.15) is 0 Å². The van der Waals surface area contributed by atoms with Crippen molar-refractivity contribution in [1.29, 1.82) is 0 Å². The second-order valence-corrected chi connectivity index (χ2v) is 5.61. The van der Waals surface area contributed by atoms with Gasteiger partial charge < -0.3 is 10.1 Å². The topological polar surface area (TPSA) is 56.2 Å². The maximum Gasteiger partial charge on any atom is 0.224 e. The van der Waals surface area contributed by atoms with E-state index in [2.05, 4.69) is 22.5 Å². The summed E-state index contributed by atoms with van der Waals surface area (Å²) >= 11 is 0. The zero-order valence-corrected chi connectivity index (χ0v) is 12.6. The summed E-state index contributed by atoms with van der Waals surface area (Å²) in [5.74, 6) is 0.0400. The van der Waals surface area contributed by atoms with E-state index >= 15 is 0 Å². The number of aromatic nitrogens is 2. The normalized spacial score (nSPS) is 17.5. The van der Waals surface area contributed by atoms with Crippen LogP contribution in [0.5, 0.6) is 0 Å². The number of hydrogen-bond donors (Lipinski definition) is 1. The second kappa shape index (κ2) is 7.22. The highest BCUT2D eigenvalue weighted by atomic mass is 16.5. The SMILES string of the molecule is O=C(CCCc1ccccc1)Nc1cnn(C2CCOC2)c1. The van der Waals surface area contributed by atoms with Gasteiger partial charge in [0.15, 0.2) is 0 Å². The number of anilines is 1. The largest absolute Gasteiger partial charge is 0.379 e. The van der Waals surface area contributed by atoms with Crippen molar-refractivity contribution in [3.8, 4) is 0 Å². The molecule has 3 rings (SSSR count). The highest BCUT2D eigenvalue weighted by molar-refractivity contribution is 5.90. The first kappa shape index (κ1) is 14.8. The number of nitrogens with one attached hydrogen (secondary N) is 1. The van der Waals surface area contributed by atoms with Gasteiger partial charge in [-0.3, -0.25) is 9.48 Å². The summed E-state index contributed by atoms with van der Waals surface area (Å²) < 4.78 is 7.23. The van der Waals surface area contributed by atoms with Crippen LogP contribution in [0.15, 0.2) is 42.7 Å². The molecule has 2 heterocycles. The van der Waals surface area contributed by atoms with Gasteiger partial charge in [0.25, 0.3) is 0 Å². The van der Waals surface area contributed by atoms with Crippen LogP contribution >= 0.6 is 0 Å². The van der Waals surface area contributed by atoms with Crippen molar-refractivity contribution in [1.82, 2.24) is 9.78 Å². The van der Waals surface area contributed by atoms with Crippen LogP contribution in [0.3, 0.4) is 0 Å². The lowest BCUT2D eigenvalue weighted by Crippen LogP contribution is -2.11. The third-order valence-corrected chi connectivity index (χ3v) is 3.88. The van der Waals surface area contributed by atoms with Crippen LogP contribution in [0.2, 0.25) is 0 Å². The van der Waals surface area contributed by atoms with E-state index in [9.17, 15) is 4.79 Å². The number of carbonyl (C=O) groups excluding carboxylic acids is 1. The van der Waals surface area contributed by atoms with Crippen molar-refractivity contribution in [2.24, 2.45) is 0 Å². The Kier molecular flexibility index (Phi) is 4.85. The van der Waals surface area contributed by atoms with Gasteiger partial charge in [-0.1, -0.05) is 30.3 Å². The maximum atomic E-state index is 12.0. The molecule has 0 radical (unpaired) electrons. The zero-order chi connectivity index (χ0) is 15.2. The standard InChI is InChI=1S/C17H21N3O2/c21-17(8-4-7-14-5-2-1-3-6-14)19-15-11-18-20(12-15)16-9-10-22-13-16/h1-3,5-6,11-12,16H,4,7-10,13H2,(H,19,21). The molecule has 1 aliphatic rings. The van der Waals surface area contributed by atoms with E-state index < -0.39 is 0 Å². The lowest BCUT2D eigenvalue weighted by molar-refractivity contribution is -0.116. The molecule has 5 nitrogen and oxygen atoms in total. The summed E-state index contributed by atoms with van der Waals surface area (Å²) in [6.45, 7) is 1.48. The van der Waals surface area contributed by atoms with E-state index in [4.69, 9.17) is 4.74 Å². The Bertz CT molecular complexity index is 603. The van der Waals surface area contributed by atoms with E-state index in [0.29, 0.717) is 19.1 Å². The van der Waals surface area contributed by atoms with Crippen molar-refractivity contribution in [2.75, 3.05) is 18.5 Å². The van der Waals surface area contributed by atoms with Crippen molar-refractivity contribution < 1.29 is 9.53 Å². The Morgan fingerprint density at radius 2 is 2.23 bits per heavy atom. The highest BCUT2D eigenvalue weighted by Crippen LogP contribution is 2.19. The molecule has 116 valence electrons. The lowest BCUT2D eigenvalue weighted by Gasteiger charge is -2.07. The minimum Gasteiger partial charge on any atom is -0.379 e. The number of ether oxygens (including phenoxy) is 1. The van der Waals surface area contributed by atoms with Crippen molar-refractivity contribution in [2.45, 2.75) is 31.7 Å². The molecule has 22 heavy (non-hydrogen) atoms. The molecule has 5 heteroatoms. The average Bonchev–Trinajstić information content (AvgIpc) is 3.19. The molecule has 1 N–H and O–H groups in total.